The zero-order valence-electron chi connectivity index (χ0n) is 13.0. The van der Waals surface area contributed by atoms with Gasteiger partial charge in [0, 0.05) is 5.69 Å². The summed E-state index contributed by atoms with van der Waals surface area (Å²) in [4.78, 5) is 12.4. The van der Waals surface area contributed by atoms with Crippen LogP contribution in [0.2, 0.25) is 0 Å². The lowest BCUT2D eigenvalue weighted by Gasteiger charge is -2.07. The molecule has 8 heteroatoms. The molecule has 0 bridgehead atoms. The second-order valence-corrected chi connectivity index (χ2v) is 7.49. The molecule has 2 aromatic carbocycles. The molecule has 1 aromatic heterocycles. The van der Waals surface area contributed by atoms with Gasteiger partial charge in [-0.3, -0.25) is 4.79 Å². The smallest absolute Gasteiger partial charge is 0.246 e. The van der Waals surface area contributed by atoms with Gasteiger partial charge in [-0.25, -0.2) is 13.1 Å². The molecule has 0 saturated heterocycles. The molecule has 1 N–H and O–H groups in total. The fourth-order valence-corrected chi connectivity index (χ4v) is 3.17. The number of anilines is 1. The highest BCUT2D eigenvalue weighted by Crippen LogP contribution is 2.16. The van der Waals surface area contributed by atoms with Crippen molar-refractivity contribution in [2.24, 2.45) is 0 Å². The third-order valence-corrected chi connectivity index (χ3v) is 5.34. The van der Waals surface area contributed by atoms with E-state index in [0.29, 0.717) is 5.69 Å². The van der Waals surface area contributed by atoms with Crippen molar-refractivity contribution < 1.29 is 13.2 Å². The van der Waals surface area contributed by atoms with Crippen LogP contribution in [0.4, 0.5) is 5.69 Å². The molecular formula is C16H16N4O3S. The molecule has 24 heavy (non-hydrogen) atoms. The molecule has 3 rings (SSSR count). The fourth-order valence-electron chi connectivity index (χ4n) is 2.28. The lowest BCUT2D eigenvalue weighted by Crippen LogP contribution is -2.19. The Hall–Kier alpha value is -2.74. The van der Waals surface area contributed by atoms with Gasteiger partial charge in [0.15, 0.2) is 9.84 Å². The fraction of sp³-hybridized carbons (Fsp3) is 0.188. The van der Waals surface area contributed by atoms with Gasteiger partial charge in [0.05, 0.1) is 16.2 Å². The van der Waals surface area contributed by atoms with E-state index in [4.69, 9.17) is 0 Å². The molecule has 0 fully saturated rings. The minimum Gasteiger partial charge on any atom is -0.324 e. The van der Waals surface area contributed by atoms with Gasteiger partial charge in [0.2, 0.25) is 5.91 Å². The lowest BCUT2D eigenvalue weighted by molar-refractivity contribution is -0.116. The first-order valence-corrected chi connectivity index (χ1v) is 9.06. The van der Waals surface area contributed by atoms with Crippen LogP contribution in [0, 0.1) is 0 Å². The number of para-hydroxylation sites is 1. The zero-order valence-corrected chi connectivity index (χ0v) is 13.8. The molecule has 1 amide bonds. The van der Waals surface area contributed by atoms with Crippen molar-refractivity contribution in [3.05, 3.63) is 48.5 Å². The Morgan fingerprint density at radius 2 is 1.83 bits per heavy atom. The minimum atomic E-state index is -3.24. The Morgan fingerprint density at radius 1 is 1.12 bits per heavy atom. The predicted molar refractivity (Wildman–Crippen MR) is 90.3 cm³/mol. The predicted octanol–water partition coefficient (Wildman–Crippen LogP) is 1.86. The SMILES string of the molecule is CCS(=O)(=O)c1ccc(NC(=O)Cn2nnc3ccccc32)cc1. The lowest BCUT2D eigenvalue weighted by atomic mass is 10.3. The number of hydrogen-bond donors (Lipinski definition) is 1. The molecule has 0 saturated carbocycles. The number of rotatable bonds is 5. The Kier molecular flexibility index (Phi) is 4.30. The summed E-state index contributed by atoms with van der Waals surface area (Å²) in [5.41, 5.74) is 2.02. The molecule has 0 atom stereocenters. The average Bonchev–Trinajstić information content (AvgIpc) is 2.98. The van der Waals surface area contributed by atoms with Crippen LogP contribution in [-0.4, -0.2) is 35.1 Å². The van der Waals surface area contributed by atoms with Crippen LogP contribution in [0.25, 0.3) is 11.0 Å². The molecule has 0 spiro atoms. The summed E-state index contributed by atoms with van der Waals surface area (Å²) in [6, 6.07) is 13.5. The molecule has 0 unspecified atom stereocenters. The van der Waals surface area contributed by atoms with Gasteiger partial charge in [0.25, 0.3) is 0 Å². The van der Waals surface area contributed by atoms with Gasteiger partial charge in [-0.15, -0.1) is 5.10 Å². The molecule has 1 heterocycles. The number of aromatic nitrogens is 3. The van der Waals surface area contributed by atoms with Crippen molar-refractivity contribution in [2.45, 2.75) is 18.4 Å². The zero-order chi connectivity index (χ0) is 17.2. The van der Waals surface area contributed by atoms with Crippen molar-refractivity contribution >= 4 is 32.5 Å². The summed E-state index contributed by atoms with van der Waals surface area (Å²) >= 11 is 0. The van der Waals surface area contributed by atoms with E-state index >= 15 is 0 Å². The van der Waals surface area contributed by atoms with Crippen molar-refractivity contribution in [1.29, 1.82) is 0 Å². The molecule has 7 nitrogen and oxygen atoms in total. The topological polar surface area (TPSA) is 94.0 Å². The number of sulfone groups is 1. The van der Waals surface area contributed by atoms with Gasteiger partial charge in [-0.1, -0.05) is 24.3 Å². The van der Waals surface area contributed by atoms with E-state index in [1.807, 2.05) is 24.3 Å². The number of benzene rings is 2. The highest BCUT2D eigenvalue weighted by molar-refractivity contribution is 7.91. The summed E-state index contributed by atoms with van der Waals surface area (Å²) in [6.45, 7) is 1.61. The summed E-state index contributed by atoms with van der Waals surface area (Å²) in [5, 5.41) is 10.7. The highest BCUT2D eigenvalue weighted by atomic mass is 32.2. The minimum absolute atomic E-state index is 0.0233. The van der Waals surface area contributed by atoms with E-state index in [2.05, 4.69) is 15.6 Å². The Morgan fingerprint density at radius 3 is 2.54 bits per heavy atom. The molecule has 124 valence electrons. The molecule has 3 aromatic rings. The van der Waals surface area contributed by atoms with Crippen molar-refractivity contribution in [3.8, 4) is 0 Å². The van der Waals surface area contributed by atoms with Gasteiger partial charge in [0.1, 0.15) is 12.1 Å². The Labute approximate surface area is 139 Å². The third-order valence-electron chi connectivity index (χ3n) is 3.59. The number of carbonyl (C=O) groups is 1. The summed E-state index contributed by atoms with van der Waals surface area (Å²) in [6.07, 6.45) is 0. The molecule has 0 aliphatic heterocycles. The third kappa shape index (κ3) is 3.28. The first kappa shape index (κ1) is 16.1. The largest absolute Gasteiger partial charge is 0.324 e. The number of fused-ring (bicyclic) bond motifs is 1. The first-order chi connectivity index (χ1) is 11.5. The maximum absolute atomic E-state index is 12.1. The number of hydrogen-bond acceptors (Lipinski definition) is 5. The standard InChI is InChI=1S/C16H16N4O3S/c1-2-24(22,23)13-9-7-12(8-10-13)17-16(21)11-20-15-6-4-3-5-14(15)18-19-20/h3-10H,2,11H2,1H3,(H,17,21). The first-order valence-electron chi connectivity index (χ1n) is 7.40. The maximum atomic E-state index is 12.1. The van der Waals surface area contributed by atoms with Crippen LogP contribution in [-0.2, 0) is 21.2 Å². The van der Waals surface area contributed by atoms with Crippen molar-refractivity contribution in [2.75, 3.05) is 11.1 Å². The van der Waals surface area contributed by atoms with Crippen LogP contribution >= 0.6 is 0 Å². The molecule has 0 radical (unpaired) electrons. The summed E-state index contributed by atoms with van der Waals surface area (Å²) in [5.74, 6) is -0.227. The number of amides is 1. The van der Waals surface area contributed by atoms with Gasteiger partial charge >= 0.3 is 0 Å². The maximum Gasteiger partial charge on any atom is 0.246 e. The number of carbonyl (C=O) groups excluding carboxylic acids is 1. The number of nitrogens with zero attached hydrogens (tertiary/aromatic N) is 3. The monoisotopic (exact) mass is 344 g/mol. The van der Waals surface area contributed by atoms with Crippen LogP contribution in [0.5, 0.6) is 0 Å². The van der Waals surface area contributed by atoms with E-state index in [1.165, 1.54) is 16.8 Å². The van der Waals surface area contributed by atoms with Crippen LogP contribution < -0.4 is 5.32 Å². The van der Waals surface area contributed by atoms with Crippen molar-refractivity contribution in [3.63, 3.8) is 0 Å². The highest BCUT2D eigenvalue weighted by Gasteiger charge is 2.12. The summed E-state index contributed by atoms with van der Waals surface area (Å²) in [7, 11) is -3.24. The average molecular weight is 344 g/mol. The van der Waals surface area contributed by atoms with E-state index < -0.39 is 9.84 Å². The Bertz CT molecular complexity index is 978. The quantitative estimate of drug-likeness (QED) is 0.762. The number of nitrogens with one attached hydrogen (secondary N) is 1. The van der Waals surface area contributed by atoms with Gasteiger partial charge in [-0.2, -0.15) is 0 Å². The van der Waals surface area contributed by atoms with E-state index in [1.54, 1.807) is 19.1 Å². The van der Waals surface area contributed by atoms with Crippen molar-refractivity contribution in [1.82, 2.24) is 15.0 Å². The van der Waals surface area contributed by atoms with E-state index in [9.17, 15) is 13.2 Å². The molecule has 0 aliphatic rings. The van der Waals surface area contributed by atoms with Gasteiger partial charge < -0.3 is 5.32 Å². The second-order valence-electron chi connectivity index (χ2n) is 5.21. The van der Waals surface area contributed by atoms with Crippen LogP contribution in [0.1, 0.15) is 6.92 Å². The van der Waals surface area contributed by atoms with Crippen LogP contribution in [0.3, 0.4) is 0 Å². The Balaban J connectivity index is 1.71. The molecule has 0 aliphatic carbocycles. The van der Waals surface area contributed by atoms with Crippen LogP contribution in [0.15, 0.2) is 53.4 Å². The summed E-state index contributed by atoms with van der Waals surface area (Å²) < 4.78 is 25.0. The van der Waals surface area contributed by atoms with Gasteiger partial charge in [-0.05, 0) is 36.4 Å². The van der Waals surface area contributed by atoms with E-state index in [-0.39, 0.29) is 23.1 Å². The molecular weight excluding hydrogens is 328 g/mol. The second kappa shape index (κ2) is 6.40. The van der Waals surface area contributed by atoms with E-state index in [0.717, 1.165) is 11.0 Å². The normalized spacial score (nSPS) is 11.5.